The molecular formula is C19H32Cl2N2O. The molecule has 1 atom stereocenters. The van der Waals surface area contributed by atoms with Gasteiger partial charge in [-0.05, 0) is 56.2 Å². The number of nitrogens with one attached hydrogen (secondary N) is 1. The summed E-state index contributed by atoms with van der Waals surface area (Å²) in [6, 6.07) is 5.28. The highest BCUT2D eigenvalue weighted by Gasteiger charge is 2.33. The predicted molar refractivity (Wildman–Crippen MR) is 106 cm³/mol. The van der Waals surface area contributed by atoms with Gasteiger partial charge in [0.05, 0.1) is 0 Å². The number of aryl methyl sites for hydroxylation is 3. The van der Waals surface area contributed by atoms with Crippen molar-refractivity contribution in [2.75, 3.05) is 39.4 Å². The second-order valence-corrected chi connectivity index (χ2v) is 6.99. The zero-order chi connectivity index (χ0) is 15.5. The highest BCUT2D eigenvalue weighted by Crippen LogP contribution is 2.38. The maximum absolute atomic E-state index is 5.62. The molecule has 1 aromatic carbocycles. The van der Waals surface area contributed by atoms with Gasteiger partial charge in [-0.3, -0.25) is 4.90 Å². The van der Waals surface area contributed by atoms with E-state index in [0.717, 1.165) is 45.3 Å². The molecular weight excluding hydrogens is 343 g/mol. The number of nitrogens with zero attached hydrogens (tertiary/aromatic N) is 1. The van der Waals surface area contributed by atoms with Crippen molar-refractivity contribution in [1.82, 2.24) is 10.2 Å². The SMILES string of the molecule is Cc1cc(C)c([C@@H](C2CCOCC2)N2CCNCC2)c(C)c1.Cl.Cl. The Hall–Kier alpha value is -0.320. The first kappa shape index (κ1) is 21.7. The van der Waals surface area contributed by atoms with Crippen molar-refractivity contribution < 1.29 is 4.74 Å². The van der Waals surface area contributed by atoms with Crippen molar-refractivity contribution in [3.8, 4) is 0 Å². The fraction of sp³-hybridized carbons (Fsp3) is 0.684. The van der Waals surface area contributed by atoms with E-state index in [9.17, 15) is 0 Å². The zero-order valence-corrected chi connectivity index (χ0v) is 16.8. The van der Waals surface area contributed by atoms with Gasteiger partial charge in [0.25, 0.3) is 0 Å². The van der Waals surface area contributed by atoms with Crippen molar-refractivity contribution in [3.63, 3.8) is 0 Å². The van der Waals surface area contributed by atoms with Crippen molar-refractivity contribution in [1.29, 1.82) is 0 Å². The van der Waals surface area contributed by atoms with Gasteiger partial charge in [0.15, 0.2) is 0 Å². The van der Waals surface area contributed by atoms with Gasteiger partial charge in [-0.1, -0.05) is 17.7 Å². The molecule has 0 aliphatic carbocycles. The average molecular weight is 375 g/mol. The molecule has 5 heteroatoms. The lowest BCUT2D eigenvalue weighted by atomic mass is 9.81. The van der Waals surface area contributed by atoms with Gasteiger partial charge in [-0.25, -0.2) is 0 Å². The molecule has 24 heavy (non-hydrogen) atoms. The van der Waals surface area contributed by atoms with Crippen molar-refractivity contribution >= 4 is 24.8 Å². The highest BCUT2D eigenvalue weighted by molar-refractivity contribution is 5.85. The monoisotopic (exact) mass is 374 g/mol. The molecule has 2 aliphatic rings. The van der Waals surface area contributed by atoms with E-state index < -0.39 is 0 Å². The Morgan fingerprint density at radius 2 is 1.54 bits per heavy atom. The van der Waals surface area contributed by atoms with E-state index in [-0.39, 0.29) is 24.8 Å². The average Bonchev–Trinajstić information content (AvgIpc) is 2.52. The van der Waals surface area contributed by atoms with E-state index in [2.05, 4.69) is 43.1 Å². The summed E-state index contributed by atoms with van der Waals surface area (Å²) in [5.74, 6) is 0.729. The van der Waals surface area contributed by atoms with Crippen LogP contribution in [0, 0.1) is 26.7 Å². The molecule has 0 radical (unpaired) electrons. The van der Waals surface area contributed by atoms with Gasteiger partial charge in [0.1, 0.15) is 0 Å². The Morgan fingerprint density at radius 1 is 1.00 bits per heavy atom. The molecule has 0 bridgehead atoms. The van der Waals surface area contributed by atoms with Crippen LogP contribution in [0.15, 0.2) is 12.1 Å². The molecule has 3 rings (SSSR count). The molecule has 0 aromatic heterocycles. The summed E-state index contributed by atoms with van der Waals surface area (Å²) in [6.07, 6.45) is 2.39. The third-order valence-electron chi connectivity index (χ3n) is 5.29. The van der Waals surface area contributed by atoms with E-state index >= 15 is 0 Å². The van der Waals surface area contributed by atoms with E-state index in [1.807, 2.05) is 0 Å². The molecule has 2 fully saturated rings. The topological polar surface area (TPSA) is 24.5 Å². The molecule has 0 amide bonds. The van der Waals surface area contributed by atoms with Crippen LogP contribution in [0.1, 0.15) is 41.1 Å². The highest BCUT2D eigenvalue weighted by atomic mass is 35.5. The first-order chi connectivity index (χ1) is 10.7. The number of hydrogen-bond donors (Lipinski definition) is 1. The third kappa shape index (κ3) is 4.86. The molecule has 0 saturated carbocycles. The molecule has 0 unspecified atom stereocenters. The van der Waals surface area contributed by atoms with Crippen molar-refractivity contribution in [2.45, 2.75) is 39.7 Å². The van der Waals surface area contributed by atoms with Crippen LogP contribution in [0.4, 0.5) is 0 Å². The molecule has 3 nitrogen and oxygen atoms in total. The number of halogens is 2. The first-order valence-electron chi connectivity index (χ1n) is 8.77. The minimum Gasteiger partial charge on any atom is -0.381 e. The maximum atomic E-state index is 5.62. The molecule has 0 spiro atoms. The Morgan fingerprint density at radius 3 is 2.08 bits per heavy atom. The first-order valence-corrected chi connectivity index (χ1v) is 8.77. The lowest BCUT2D eigenvalue weighted by molar-refractivity contribution is 0.0209. The van der Waals surface area contributed by atoms with E-state index in [1.54, 1.807) is 5.56 Å². The van der Waals surface area contributed by atoms with Crippen LogP contribution in [0.3, 0.4) is 0 Å². The van der Waals surface area contributed by atoms with Crippen LogP contribution < -0.4 is 5.32 Å². The Bertz CT molecular complexity index is 471. The predicted octanol–water partition coefficient (Wildman–Crippen LogP) is 3.83. The summed E-state index contributed by atoms with van der Waals surface area (Å²) in [4.78, 5) is 2.72. The second-order valence-electron chi connectivity index (χ2n) is 6.99. The zero-order valence-electron chi connectivity index (χ0n) is 15.1. The number of hydrogen-bond acceptors (Lipinski definition) is 3. The summed E-state index contributed by atoms with van der Waals surface area (Å²) in [5, 5.41) is 3.50. The van der Waals surface area contributed by atoms with Gasteiger partial charge >= 0.3 is 0 Å². The molecule has 138 valence electrons. The Balaban J connectivity index is 0.00000144. The minimum atomic E-state index is 0. The summed E-state index contributed by atoms with van der Waals surface area (Å²) in [5.41, 5.74) is 5.89. The standard InChI is InChI=1S/C19H30N2O.2ClH/c1-14-12-15(2)18(16(3)13-14)19(17-4-10-22-11-5-17)21-8-6-20-7-9-21;;/h12-13,17,19-20H,4-11H2,1-3H3;2*1H/t19-;;/m1../s1. The third-order valence-corrected chi connectivity index (χ3v) is 5.29. The Kier molecular flexibility index (Phi) is 9.03. The lowest BCUT2D eigenvalue weighted by Crippen LogP contribution is -2.48. The van der Waals surface area contributed by atoms with Crippen LogP contribution in [0.25, 0.3) is 0 Å². The molecule has 2 saturated heterocycles. The number of piperazine rings is 1. The normalized spacial score (nSPS) is 20.8. The van der Waals surface area contributed by atoms with E-state index in [1.165, 1.54) is 29.5 Å². The summed E-state index contributed by atoms with van der Waals surface area (Å²) in [7, 11) is 0. The molecule has 1 aromatic rings. The second kappa shape index (κ2) is 9.98. The molecule has 2 aliphatic heterocycles. The van der Waals surface area contributed by atoms with Crippen molar-refractivity contribution in [3.05, 3.63) is 34.4 Å². The van der Waals surface area contributed by atoms with E-state index in [0.29, 0.717) is 6.04 Å². The fourth-order valence-corrected chi connectivity index (χ4v) is 4.37. The smallest absolute Gasteiger partial charge is 0.0469 e. The van der Waals surface area contributed by atoms with Crippen LogP contribution >= 0.6 is 24.8 Å². The summed E-state index contributed by atoms with van der Waals surface area (Å²) in [6.45, 7) is 13.2. The van der Waals surface area contributed by atoms with Crippen LogP contribution in [0.5, 0.6) is 0 Å². The largest absolute Gasteiger partial charge is 0.381 e. The summed E-state index contributed by atoms with van der Waals surface area (Å²) >= 11 is 0. The number of benzene rings is 1. The number of rotatable bonds is 3. The van der Waals surface area contributed by atoms with E-state index in [4.69, 9.17) is 4.74 Å². The van der Waals surface area contributed by atoms with Crippen LogP contribution in [-0.4, -0.2) is 44.3 Å². The van der Waals surface area contributed by atoms with Gasteiger partial charge in [0, 0.05) is 45.4 Å². The van der Waals surface area contributed by atoms with Crippen LogP contribution in [0.2, 0.25) is 0 Å². The molecule has 2 heterocycles. The lowest BCUT2D eigenvalue weighted by Gasteiger charge is -2.42. The van der Waals surface area contributed by atoms with Crippen molar-refractivity contribution in [2.24, 2.45) is 5.92 Å². The Labute approximate surface area is 159 Å². The number of ether oxygens (including phenoxy) is 1. The van der Waals surface area contributed by atoms with Gasteiger partial charge in [-0.15, -0.1) is 24.8 Å². The maximum Gasteiger partial charge on any atom is 0.0469 e. The minimum absolute atomic E-state index is 0. The fourth-order valence-electron chi connectivity index (χ4n) is 4.37. The summed E-state index contributed by atoms with van der Waals surface area (Å²) < 4.78 is 5.62. The van der Waals surface area contributed by atoms with Gasteiger partial charge < -0.3 is 10.1 Å². The van der Waals surface area contributed by atoms with Gasteiger partial charge in [-0.2, -0.15) is 0 Å². The quantitative estimate of drug-likeness (QED) is 0.869. The van der Waals surface area contributed by atoms with Gasteiger partial charge in [0.2, 0.25) is 0 Å². The van der Waals surface area contributed by atoms with Crippen LogP contribution in [-0.2, 0) is 4.74 Å². The molecule has 1 N–H and O–H groups in total.